The predicted molar refractivity (Wildman–Crippen MR) is 183 cm³/mol. The van der Waals surface area contributed by atoms with Gasteiger partial charge in [-0.15, -0.1) is 0 Å². The fraction of sp³-hybridized carbons (Fsp3) is 0.0488. The van der Waals surface area contributed by atoms with Gasteiger partial charge in [-0.1, -0.05) is 121 Å². The lowest BCUT2D eigenvalue weighted by atomic mass is 9.93. The summed E-state index contributed by atoms with van der Waals surface area (Å²) < 4.78 is 0. The second kappa shape index (κ2) is 11.2. The molecule has 1 aromatic heterocycles. The summed E-state index contributed by atoms with van der Waals surface area (Å²) in [4.78, 5) is 15.3. The van der Waals surface area contributed by atoms with E-state index in [1.165, 1.54) is 16.3 Å². The van der Waals surface area contributed by atoms with Crippen molar-refractivity contribution in [2.45, 2.75) is 12.8 Å². The highest BCUT2D eigenvalue weighted by Crippen LogP contribution is 2.34. The molecule has 44 heavy (non-hydrogen) atoms. The Kier molecular flexibility index (Phi) is 6.62. The van der Waals surface area contributed by atoms with Crippen LogP contribution < -0.4 is 0 Å². The minimum atomic E-state index is 0.658. The first-order valence-electron chi connectivity index (χ1n) is 15.1. The molecule has 0 unspecified atom stereocenters. The van der Waals surface area contributed by atoms with Crippen molar-refractivity contribution in [1.29, 1.82) is 0 Å². The van der Waals surface area contributed by atoms with Crippen LogP contribution in [0, 0.1) is 0 Å². The Bertz CT molecular complexity index is 2130. The summed E-state index contributed by atoms with van der Waals surface area (Å²) in [5.74, 6) is 1.98. The third-order valence-corrected chi connectivity index (χ3v) is 8.28. The van der Waals surface area contributed by atoms with Gasteiger partial charge >= 0.3 is 0 Å². The summed E-state index contributed by atoms with van der Waals surface area (Å²) >= 11 is 0. The standard InChI is InChI=1S/C41H29N3/c1-3-11-28(12-4-1)36-25-37(29-13-5-2-6-14-29)27-38(26-36)41-43-39(34-21-19-30-15-7-9-17-32(30)23-34)42-40(44-41)35-22-20-31-16-8-10-18-33(31)24-35/h1,3-5,7-27H,2,6H2. The molecule has 0 atom stereocenters. The van der Waals surface area contributed by atoms with Crippen molar-refractivity contribution in [2.75, 3.05) is 0 Å². The van der Waals surface area contributed by atoms with E-state index in [2.05, 4.69) is 152 Å². The predicted octanol–water partition coefficient (Wildman–Crippen LogP) is 10.6. The Labute approximate surface area is 256 Å². The van der Waals surface area contributed by atoms with E-state index >= 15 is 0 Å². The number of aromatic nitrogens is 3. The molecule has 0 saturated heterocycles. The highest BCUT2D eigenvalue weighted by molar-refractivity contribution is 5.89. The third-order valence-electron chi connectivity index (χ3n) is 8.28. The number of fused-ring (bicyclic) bond motifs is 2. The lowest BCUT2D eigenvalue weighted by molar-refractivity contribution is 1.04. The minimum Gasteiger partial charge on any atom is -0.208 e. The molecule has 8 rings (SSSR count). The molecule has 0 bridgehead atoms. The lowest BCUT2D eigenvalue weighted by Crippen LogP contribution is -2.01. The maximum absolute atomic E-state index is 5.13. The van der Waals surface area contributed by atoms with Crippen molar-refractivity contribution >= 4 is 27.1 Å². The molecule has 6 aromatic carbocycles. The van der Waals surface area contributed by atoms with Gasteiger partial charge in [0.25, 0.3) is 0 Å². The Morgan fingerprint density at radius 2 is 0.886 bits per heavy atom. The summed E-state index contributed by atoms with van der Waals surface area (Å²) in [6.07, 6.45) is 8.92. The van der Waals surface area contributed by atoms with Crippen molar-refractivity contribution in [3.63, 3.8) is 0 Å². The quantitative estimate of drug-likeness (QED) is 0.209. The summed E-state index contributed by atoms with van der Waals surface area (Å²) in [5.41, 5.74) is 7.59. The number of nitrogens with zero attached hydrogens (tertiary/aromatic N) is 3. The zero-order chi connectivity index (χ0) is 29.3. The van der Waals surface area contributed by atoms with Crippen molar-refractivity contribution in [3.8, 4) is 45.3 Å². The molecule has 0 aliphatic heterocycles. The van der Waals surface area contributed by atoms with E-state index < -0.39 is 0 Å². The molecular formula is C41H29N3. The maximum atomic E-state index is 5.13. The topological polar surface area (TPSA) is 38.7 Å². The molecule has 0 fully saturated rings. The van der Waals surface area contributed by atoms with Gasteiger partial charge in [0.05, 0.1) is 0 Å². The van der Waals surface area contributed by atoms with E-state index in [1.54, 1.807) is 0 Å². The molecule has 1 aliphatic rings. The van der Waals surface area contributed by atoms with Crippen LogP contribution in [0.3, 0.4) is 0 Å². The molecule has 0 saturated carbocycles. The summed E-state index contributed by atoms with van der Waals surface area (Å²) in [6, 6.07) is 46.8. The smallest absolute Gasteiger partial charge is 0.164 e. The number of rotatable bonds is 5. The molecule has 1 heterocycles. The van der Waals surface area contributed by atoms with Crippen LogP contribution in [0.2, 0.25) is 0 Å². The van der Waals surface area contributed by atoms with Gasteiger partial charge in [-0.25, -0.2) is 15.0 Å². The maximum Gasteiger partial charge on any atom is 0.164 e. The highest BCUT2D eigenvalue weighted by Gasteiger charge is 2.16. The van der Waals surface area contributed by atoms with E-state index in [0.717, 1.165) is 57.0 Å². The zero-order valence-corrected chi connectivity index (χ0v) is 24.2. The molecule has 1 aliphatic carbocycles. The van der Waals surface area contributed by atoms with Gasteiger partial charge in [0.1, 0.15) is 0 Å². The molecule has 208 valence electrons. The van der Waals surface area contributed by atoms with Crippen LogP contribution in [-0.2, 0) is 0 Å². The Hall–Kier alpha value is -5.67. The summed E-state index contributed by atoms with van der Waals surface area (Å²) in [6.45, 7) is 0. The fourth-order valence-electron chi connectivity index (χ4n) is 5.97. The fourth-order valence-corrected chi connectivity index (χ4v) is 5.97. The first kappa shape index (κ1) is 26.0. The van der Waals surface area contributed by atoms with Gasteiger partial charge in [0.15, 0.2) is 17.5 Å². The molecule has 3 heteroatoms. The van der Waals surface area contributed by atoms with E-state index in [1.807, 2.05) is 0 Å². The van der Waals surface area contributed by atoms with Crippen molar-refractivity contribution in [3.05, 3.63) is 157 Å². The SMILES string of the molecule is C1=CC(c2cc(-c3ccccc3)cc(-c3nc(-c4ccc5ccccc5c4)nc(-c4ccc5ccccc5c4)n3)c2)=CCC1. The van der Waals surface area contributed by atoms with Crippen LogP contribution in [-0.4, -0.2) is 15.0 Å². The van der Waals surface area contributed by atoms with E-state index in [0.29, 0.717) is 17.5 Å². The number of hydrogen-bond donors (Lipinski definition) is 0. The van der Waals surface area contributed by atoms with E-state index in [9.17, 15) is 0 Å². The Morgan fingerprint density at radius 3 is 1.48 bits per heavy atom. The van der Waals surface area contributed by atoms with Crippen molar-refractivity contribution < 1.29 is 0 Å². The highest BCUT2D eigenvalue weighted by atomic mass is 15.0. The van der Waals surface area contributed by atoms with E-state index in [-0.39, 0.29) is 0 Å². The normalized spacial score (nSPS) is 12.9. The van der Waals surface area contributed by atoms with Crippen molar-refractivity contribution in [1.82, 2.24) is 15.0 Å². The van der Waals surface area contributed by atoms with Gasteiger partial charge in [-0.05, 0) is 87.0 Å². The van der Waals surface area contributed by atoms with Crippen LogP contribution in [0.15, 0.2) is 152 Å². The second-order valence-electron chi connectivity index (χ2n) is 11.2. The molecule has 0 spiro atoms. The number of hydrogen-bond acceptors (Lipinski definition) is 3. The van der Waals surface area contributed by atoms with E-state index in [4.69, 9.17) is 15.0 Å². The van der Waals surface area contributed by atoms with Crippen LogP contribution in [0.4, 0.5) is 0 Å². The Morgan fingerprint density at radius 1 is 0.364 bits per heavy atom. The summed E-state index contributed by atoms with van der Waals surface area (Å²) in [5, 5.41) is 4.69. The van der Waals surface area contributed by atoms with Crippen LogP contribution >= 0.6 is 0 Å². The number of benzene rings is 6. The molecule has 7 aromatic rings. The van der Waals surface area contributed by atoms with Crippen LogP contribution in [0.25, 0.3) is 72.4 Å². The van der Waals surface area contributed by atoms with Gasteiger partial charge in [0, 0.05) is 16.7 Å². The first-order valence-corrected chi connectivity index (χ1v) is 15.1. The second-order valence-corrected chi connectivity index (χ2v) is 11.2. The third kappa shape index (κ3) is 5.10. The lowest BCUT2D eigenvalue weighted by Gasteiger charge is -2.14. The van der Waals surface area contributed by atoms with Gasteiger partial charge in [-0.3, -0.25) is 0 Å². The molecule has 0 radical (unpaired) electrons. The van der Waals surface area contributed by atoms with Crippen LogP contribution in [0.1, 0.15) is 18.4 Å². The van der Waals surface area contributed by atoms with Gasteiger partial charge < -0.3 is 0 Å². The van der Waals surface area contributed by atoms with Gasteiger partial charge in [-0.2, -0.15) is 0 Å². The van der Waals surface area contributed by atoms with Gasteiger partial charge in [0.2, 0.25) is 0 Å². The molecule has 0 amide bonds. The average Bonchev–Trinajstić information content (AvgIpc) is 3.11. The molecule has 3 nitrogen and oxygen atoms in total. The minimum absolute atomic E-state index is 0.658. The Balaban J connectivity index is 1.35. The monoisotopic (exact) mass is 563 g/mol. The first-order chi connectivity index (χ1) is 21.8. The number of allylic oxidation sites excluding steroid dienone is 4. The largest absolute Gasteiger partial charge is 0.208 e. The van der Waals surface area contributed by atoms with Crippen molar-refractivity contribution in [2.24, 2.45) is 0 Å². The average molecular weight is 564 g/mol. The zero-order valence-electron chi connectivity index (χ0n) is 24.2. The summed E-state index contributed by atoms with van der Waals surface area (Å²) in [7, 11) is 0. The molecular weight excluding hydrogens is 534 g/mol. The molecule has 0 N–H and O–H groups in total. The van der Waals surface area contributed by atoms with Crippen LogP contribution in [0.5, 0.6) is 0 Å².